The summed E-state index contributed by atoms with van der Waals surface area (Å²) in [6.07, 6.45) is 1.31. The first-order chi connectivity index (χ1) is 26.3. The SMILES string of the molecule is COC(=O)/C=C1\C([C@@H](C(=O)OC)N(Cc2ccc(OC)cc2)Cc2ccc(OC)cc2)=C(c2ccccc2)[C@]1(OC(=O)c1ccccc1)c1ccccc1. The Morgan fingerprint density at radius 1 is 0.630 bits per heavy atom. The number of ether oxygens (including phenoxy) is 5. The van der Waals surface area contributed by atoms with E-state index in [-0.39, 0.29) is 18.7 Å². The molecule has 0 radical (unpaired) electrons. The zero-order chi connectivity index (χ0) is 38.1. The first-order valence-electron chi connectivity index (χ1n) is 17.3. The summed E-state index contributed by atoms with van der Waals surface area (Å²) < 4.78 is 28.3. The lowest BCUT2D eigenvalue weighted by molar-refractivity contribution is -0.146. The van der Waals surface area contributed by atoms with E-state index >= 15 is 0 Å². The molecule has 9 nitrogen and oxygen atoms in total. The van der Waals surface area contributed by atoms with Crippen LogP contribution in [0.15, 0.2) is 157 Å². The second-order valence-electron chi connectivity index (χ2n) is 12.6. The molecule has 9 heteroatoms. The predicted molar refractivity (Wildman–Crippen MR) is 204 cm³/mol. The van der Waals surface area contributed by atoms with Crippen LogP contribution in [-0.4, -0.2) is 57.3 Å². The topological polar surface area (TPSA) is 101 Å². The normalized spacial score (nSPS) is 16.3. The van der Waals surface area contributed by atoms with Gasteiger partial charge < -0.3 is 23.7 Å². The second kappa shape index (κ2) is 16.9. The molecule has 54 heavy (non-hydrogen) atoms. The van der Waals surface area contributed by atoms with Crippen molar-refractivity contribution in [3.63, 3.8) is 0 Å². The smallest absolute Gasteiger partial charge is 0.339 e. The molecule has 2 atom stereocenters. The van der Waals surface area contributed by atoms with Gasteiger partial charge in [0.1, 0.15) is 17.5 Å². The lowest BCUT2D eigenvalue weighted by Gasteiger charge is -2.51. The minimum atomic E-state index is -1.64. The van der Waals surface area contributed by atoms with Crippen molar-refractivity contribution in [2.24, 2.45) is 0 Å². The molecule has 0 heterocycles. The molecule has 274 valence electrons. The Balaban J connectivity index is 1.65. The van der Waals surface area contributed by atoms with Crippen molar-refractivity contribution in [1.29, 1.82) is 0 Å². The highest BCUT2D eigenvalue weighted by Crippen LogP contribution is 2.60. The minimum absolute atomic E-state index is 0.286. The Hall–Kier alpha value is -6.45. The highest BCUT2D eigenvalue weighted by atomic mass is 16.6. The molecule has 0 saturated heterocycles. The van der Waals surface area contributed by atoms with E-state index in [1.165, 1.54) is 20.3 Å². The fourth-order valence-electron chi connectivity index (χ4n) is 6.83. The Morgan fingerprint density at radius 2 is 1.13 bits per heavy atom. The van der Waals surface area contributed by atoms with Crippen LogP contribution in [0.25, 0.3) is 5.57 Å². The average Bonchev–Trinajstić information content (AvgIpc) is 3.23. The molecule has 0 unspecified atom stereocenters. The van der Waals surface area contributed by atoms with Gasteiger partial charge in [0.15, 0.2) is 5.60 Å². The summed E-state index contributed by atoms with van der Waals surface area (Å²) in [5, 5.41) is 0. The molecular formula is C45H41NO8. The van der Waals surface area contributed by atoms with Crippen LogP contribution in [0.2, 0.25) is 0 Å². The Bertz CT molecular complexity index is 2080. The van der Waals surface area contributed by atoms with E-state index in [9.17, 15) is 14.4 Å². The predicted octanol–water partition coefficient (Wildman–Crippen LogP) is 7.57. The molecule has 0 fully saturated rings. The molecule has 0 amide bonds. The van der Waals surface area contributed by atoms with Crippen molar-refractivity contribution in [2.75, 3.05) is 28.4 Å². The number of carbonyl (C=O) groups is 3. The zero-order valence-electron chi connectivity index (χ0n) is 30.6. The third-order valence-electron chi connectivity index (χ3n) is 9.40. The van der Waals surface area contributed by atoms with Crippen LogP contribution >= 0.6 is 0 Å². The monoisotopic (exact) mass is 723 g/mol. The third kappa shape index (κ3) is 7.67. The van der Waals surface area contributed by atoms with Crippen molar-refractivity contribution < 1.29 is 38.1 Å². The van der Waals surface area contributed by atoms with E-state index in [0.717, 1.165) is 11.1 Å². The van der Waals surface area contributed by atoms with Gasteiger partial charge in [-0.1, -0.05) is 103 Å². The summed E-state index contributed by atoms with van der Waals surface area (Å²) in [5.41, 5.74) is 2.98. The molecule has 6 rings (SSSR count). The van der Waals surface area contributed by atoms with Gasteiger partial charge in [-0.15, -0.1) is 0 Å². The van der Waals surface area contributed by atoms with Gasteiger partial charge in [0, 0.05) is 35.9 Å². The second-order valence-corrected chi connectivity index (χ2v) is 12.6. The highest BCUT2D eigenvalue weighted by Gasteiger charge is 2.59. The van der Waals surface area contributed by atoms with Crippen molar-refractivity contribution in [3.05, 3.63) is 185 Å². The summed E-state index contributed by atoms with van der Waals surface area (Å²) in [6.45, 7) is 0.573. The average molecular weight is 724 g/mol. The van der Waals surface area contributed by atoms with Crippen LogP contribution < -0.4 is 9.47 Å². The molecule has 0 aromatic heterocycles. The van der Waals surface area contributed by atoms with Crippen molar-refractivity contribution >= 4 is 23.5 Å². The van der Waals surface area contributed by atoms with Crippen LogP contribution in [0.4, 0.5) is 0 Å². The minimum Gasteiger partial charge on any atom is -0.497 e. The summed E-state index contributed by atoms with van der Waals surface area (Å²) in [5.74, 6) is -0.507. The highest BCUT2D eigenvalue weighted by molar-refractivity contribution is 6.03. The maximum atomic E-state index is 14.4. The summed E-state index contributed by atoms with van der Waals surface area (Å²) in [6, 6.07) is 41.3. The molecule has 1 aliphatic carbocycles. The van der Waals surface area contributed by atoms with Gasteiger partial charge >= 0.3 is 17.9 Å². The van der Waals surface area contributed by atoms with Gasteiger partial charge in [-0.3, -0.25) is 4.90 Å². The van der Waals surface area contributed by atoms with Gasteiger partial charge in [0.05, 0.1) is 34.0 Å². The van der Waals surface area contributed by atoms with Gasteiger partial charge in [0.25, 0.3) is 0 Å². The van der Waals surface area contributed by atoms with Gasteiger partial charge in [-0.2, -0.15) is 0 Å². The summed E-state index contributed by atoms with van der Waals surface area (Å²) in [7, 11) is 5.81. The number of esters is 3. The molecular weight excluding hydrogens is 682 g/mol. The van der Waals surface area contributed by atoms with E-state index in [1.807, 2.05) is 120 Å². The number of methoxy groups -OCH3 is 4. The van der Waals surface area contributed by atoms with Crippen molar-refractivity contribution in [3.8, 4) is 11.5 Å². The first-order valence-corrected chi connectivity index (χ1v) is 17.3. The third-order valence-corrected chi connectivity index (χ3v) is 9.40. The van der Waals surface area contributed by atoms with E-state index in [4.69, 9.17) is 23.7 Å². The van der Waals surface area contributed by atoms with Crippen LogP contribution in [0.1, 0.15) is 32.6 Å². The molecule has 1 aliphatic rings. The van der Waals surface area contributed by atoms with Crippen LogP contribution in [0, 0.1) is 0 Å². The molecule has 0 aliphatic heterocycles. The van der Waals surface area contributed by atoms with Crippen LogP contribution in [0.3, 0.4) is 0 Å². The van der Waals surface area contributed by atoms with Crippen LogP contribution in [0.5, 0.6) is 11.5 Å². The fourth-order valence-corrected chi connectivity index (χ4v) is 6.83. The summed E-state index contributed by atoms with van der Waals surface area (Å²) in [4.78, 5) is 44.0. The standard InChI is InChI=1S/C45H41NO8/c1-50-36-24-20-31(21-25-36)29-46(30-32-22-26-37(51-2)27-23-32)42(44(49)53-4)40-38(28-39(47)52-3)45(35-18-12-7-13-19-35,41(40)33-14-8-5-9-15-33)54-43(48)34-16-10-6-11-17-34/h5-28,42H,29-30H2,1-4H3/b38-28+/t42-,45-/m0/s1. The Labute approximate surface area is 315 Å². The van der Waals surface area contributed by atoms with Gasteiger partial charge in [-0.05, 0) is 58.7 Å². The lowest BCUT2D eigenvalue weighted by Crippen LogP contribution is -2.53. The number of hydrogen-bond acceptors (Lipinski definition) is 9. The maximum absolute atomic E-state index is 14.4. The maximum Gasteiger partial charge on any atom is 0.339 e. The quantitative estimate of drug-likeness (QED) is 0.0653. The molecule has 0 N–H and O–H groups in total. The molecule has 0 bridgehead atoms. The van der Waals surface area contributed by atoms with E-state index in [0.29, 0.717) is 39.3 Å². The number of benzene rings is 5. The van der Waals surface area contributed by atoms with Crippen molar-refractivity contribution in [1.82, 2.24) is 4.90 Å². The molecule has 5 aromatic rings. The van der Waals surface area contributed by atoms with E-state index < -0.39 is 29.6 Å². The lowest BCUT2D eigenvalue weighted by atomic mass is 9.60. The zero-order valence-corrected chi connectivity index (χ0v) is 30.6. The van der Waals surface area contributed by atoms with Gasteiger partial charge in [0.2, 0.25) is 0 Å². The Morgan fingerprint density at radius 3 is 1.61 bits per heavy atom. The number of hydrogen-bond donors (Lipinski definition) is 0. The molecule has 0 saturated carbocycles. The van der Waals surface area contributed by atoms with Gasteiger partial charge in [-0.25, -0.2) is 14.4 Å². The summed E-state index contributed by atoms with van der Waals surface area (Å²) >= 11 is 0. The Kier molecular flexibility index (Phi) is 11.7. The number of rotatable bonds is 14. The molecule has 0 spiro atoms. The molecule has 5 aromatic carbocycles. The number of carbonyl (C=O) groups excluding carboxylic acids is 3. The van der Waals surface area contributed by atoms with Crippen molar-refractivity contribution in [2.45, 2.75) is 24.7 Å². The number of nitrogens with zero attached hydrogens (tertiary/aromatic N) is 1. The van der Waals surface area contributed by atoms with Crippen LogP contribution in [-0.2, 0) is 42.5 Å². The van der Waals surface area contributed by atoms with E-state index in [1.54, 1.807) is 38.5 Å². The fraction of sp³-hybridized carbons (Fsp3) is 0.178. The largest absolute Gasteiger partial charge is 0.497 e. The first kappa shape index (κ1) is 37.3. The van der Waals surface area contributed by atoms with E-state index in [2.05, 4.69) is 0 Å².